The van der Waals surface area contributed by atoms with E-state index in [0.29, 0.717) is 29.7 Å². The summed E-state index contributed by atoms with van der Waals surface area (Å²) in [5, 5.41) is 4.11. The van der Waals surface area contributed by atoms with Gasteiger partial charge in [0.2, 0.25) is 0 Å². The third-order valence-electron chi connectivity index (χ3n) is 12.3. The van der Waals surface area contributed by atoms with E-state index < -0.39 is 0 Å². The molecule has 0 bridgehead atoms. The first-order chi connectivity index (χ1) is 21.7. The molecule has 0 aromatic rings. The Labute approximate surface area is 270 Å². The Morgan fingerprint density at radius 2 is 1.91 bits per heavy atom. The van der Waals surface area contributed by atoms with Gasteiger partial charge in [0.1, 0.15) is 0 Å². The van der Waals surface area contributed by atoms with E-state index in [9.17, 15) is 0 Å². The summed E-state index contributed by atoms with van der Waals surface area (Å²) in [6.07, 6.45) is 50.8. The van der Waals surface area contributed by atoms with E-state index in [1.807, 2.05) is 0 Å². The van der Waals surface area contributed by atoms with Crippen LogP contribution in [-0.2, 0) is 0 Å². The third-order valence-corrected chi connectivity index (χ3v) is 12.3. The van der Waals surface area contributed by atoms with Crippen LogP contribution in [-0.4, -0.2) is 12.6 Å². The number of fused-ring (bicyclic) bond motifs is 2. The molecule has 1 fully saturated rings. The van der Waals surface area contributed by atoms with Crippen molar-refractivity contribution in [2.75, 3.05) is 6.54 Å². The molecule has 0 aromatic carbocycles. The van der Waals surface area contributed by atoms with Gasteiger partial charge in [0.05, 0.1) is 0 Å². The van der Waals surface area contributed by atoms with Crippen molar-refractivity contribution in [3.63, 3.8) is 0 Å². The Morgan fingerprint density at radius 1 is 0.977 bits per heavy atom. The zero-order chi connectivity index (χ0) is 30.1. The number of rotatable bonds is 11. The molecule has 6 aliphatic rings. The van der Waals surface area contributed by atoms with E-state index in [0.717, 1.165) is 24.3 Å². The van der Waals surface area contributed by atoms with Gasteiger partial charge in [-0.05, 0) is 125 Å². The summed E-state index contributed by atoms with van der Waals surface area (Å²) in [6, 6.07) is 0.574. The van der Waals surface area contributed by atoms with Crippen molar-refractivity contribution in [2.24, 2.45) is 41.4 Å². The number of hydrogen-bond acceptors (Lipinski definition) is 1. The van der Waals surface area contributed by atoms with Gasteiger partial charge < -0.3 is 5.32 Å². The van der Waals surface area contributed by atoms with Gasteiger partial charge in [-0.25, -0.2) is 0 Å². The van der Waals surface area contributed by atoms with Crippen molar-refractivity contribution in [2.45, 2.75) is 123 Å². The Balaban J connectivity index is 1.14. The fourth-order valence-corrected chi connectivity index (χ4v) is 9.69. The number of allylic oxidation sites excluding steroid dienone is 14. The maximum Gasteiger partial charge on any atom is 0.0284 e. The highest BCUT2D eigenvalue weighted by Crippen LogP contribution is 2.47. The summed E-state index contributed by atoms with van der Waals surface area (Å²) in [7, 11) is 0. The Morgan fingerprint density at radius 3 is 2.80 bits per heavy atom. The second-order valence-electron chi connectivity index (χ2n) is 15.1. The lowest BCUT2D eigenvalue weighted by Gasteiger charge is -2.39. The first-order valence-electron chi connectivity index (χ1n) is 18.9. The van der Waals surface area contributed by atoms with E-state index in [4.69, 9.17) is 0 Å². The van der Waals surface area contributed by atoms with Gasteiger partial charge in [-0.2, -0.15) is 0 Å². The minimum Gasteiger partial charge on any atom is -0.306 e. The topological polar surface area (TPSA) is 12.0 Å². The van der Waals surface area contributed by atoms with E-state index in [2.05, 4.69) is 92.1 Å². The minimum atomic E-state index is 0.574. The van der Waals surface area contributed by atoms with Crippen LogP contribution in [0, 0.1) is 41.4 Å². The van der Waals surface area contributed by atoms with Crippen molar-refractivity contribution < 1.29 is 0 Å². The van der Waals surface area contributed by atoms with Crippen molar-refractivity contribution in [1.82, 2.24) is 5.32 Å². The van der Waals surface area contributed by atoms with Gasteiger partial charge in [0, 0.05) is 18.5 Å². The van der Waals surface area contributed by atoms with Crippen LogP contribution in [0.3, 0.4) is 0 Å². The minimum absolute atomic E-state index is 0.574. The number of nitrogens with one attached hydrogen (secondary N) is 1. The van der Waals surface area contributed by atoms with Crippen LogP contribution in [0.5, 0.6) is 0 Å². The Bertz CT molecular complexity index is 1200. The summed E-state index contributed by atoms with van der Waals surface area (Å²) < 4.78 is 0. The molecule has 6 rings (SSSR count). The summed E-state index contributed by atoms with van der Waals surface area (Å²) in [6.45, 7) is 5.89. The number of unbranched alkanes of at least 4 members (excludes halogenated alkanes) is 1. The summed E-state index contributed by atoms with van der Waals surface area (Å²) in [4.78, 5) is 0. The predicted octanol–water partition coefficient (Wildman–Crippen LogP) is 11.6. The zero-order valence-corrected chi connectivity index (χ0v) is 28.1. The van der Waals surface area contributed by atoms with Crippen LogP contribution in [0.1, 0.15) is 117 Å². The molecular weight excluding hydrogens is 530 g/mol. The second-order valence-corrected chi connectivity index (χ2v) is 15.1. The molecular formula is C43H61N. The normalized spacial score (nSPS) is 34.6. The summed E-state index contributed by atoms with van der Waals surface area (Å²) >= 11 is 0. The molecule has 0 saturated heterocycles. The van der Waals surface area contributed by atoms with Crippen LogP contribution in [0.4, 0.5) is 0 Å². The lowest BCUT2D eigenvalue weighted by Crippen LogP contribution is -2.42. The van der Waals surface area contributed by atoms with Gasteiger partial charge in [-0.15, -0.1) is 0 Å². The van der Waals surface area contributed by atoms with Crippen LogP contribution in [0.25, 0.3) is 0 Å². The largest absolute Gasteiger partial charge is 0.306 e. The van der Waals surface area contributed by atoms with Gasteiger partial charge in [-0.1, -0.05) is 123 Å². The fraction of sp³-hybridized carbons (Fsp3) is 0.628. The molecule has 6 aliphatic carbocycles. The highest BCUT2D eigenvalue weighted by atomic mass is 14.9. The third kappa shape index (κ3) is 7.81. The Hall–Kier alpha value is -2.12. The molecule has 8 unspecified atom stereocenters. The molecule has 0 aromatic heterocycles. The first-order valence-corrected chi connectivity index (χ1v) is 18.9. The molecule has 44 heavy (non-hydrogen) atoms. The van der Waals surface area contributed by atoms with E-state index >= 15 is 0 Å². The molecule has 0 spiro atoms. The lowest BCUT2D eigenvalue weighted by molar-refractivity contribution is 0.193. The molecule has 0 amide bonds. The second kappa shape index (κ2) is 15.9. The zero-order valence-electron chi connectivity index (χ0n) is 28.1. The van der Waals surface area contributed by atoms with E-state index in [1.165, 1.54) is 103 Å². The summed E-state index contributed by atoms with van der Waals surface area (Å²) in [5.41, 5.74) is 6.85. The lowest BCUT2D eigenvalue weighted by atomic mass is 9.66. The Kier molecular flexibility index (Phi) is 11.5. The molecule has 238 valence electrons. The van der Waals surface area contributed by atoms with E-state index in [-0.39, 0.29) is 0 Å². The molecule has 1 saturated carbocycles. The van der Waals surface area contributed by atoms with Gasteiger partial charge in [-0.3, -0.25) is 0 Å². The quantitative estimate of drug-likeness (QED) is 0.236. The van der Waals surface area contributed by atoms with Crippen molar-refractivity contribution in [3.05, 3.63) is 95.2 Å². The molecule has 1 N–H and O–H groups in total. The summed E-state index contributed by atoms with van der Waals surface area (Å²) in [5.74, 6) is 5.11. The van der Waals surface area contributed by atoms with E-state index in [1.54, 1.807) is 22.3 Å². The van der Waals surface area contributed by atoms with Crippen molar-refractivity contribution >= 4 is 0 Å². The maximum atomic E-state index is 4.11. The SMILES string of the molecule is CCC/C=C/C1CCC=C(C2CCC(C(C)C/C=C(\CNC3C=CCC4CCCCC43)C3CC=CCC3)=C3C=CC=CC32)C1. The molecule has 0 aliphatic heterocycles. The van der Waals surface area contributed by atoms with Gasteiger partial charge in [0.25, 0.3) is 0 Å². The van der Waals surface area contributed by atoms with Crippen LogP contribution < -0.4 is 5.32 Å². The predicted molar refractivity (Wildman–Crippen MR) is 190 cm³/mol. The fourth-order valence-electron chi connectivity index (χ4n) is 9.69. The van der Waals surface area contributed by atoms with Gasteiger partial charge >= 0.3 is 0 Å². The van der Waals surface area contributed by atoms with Crippen molar-refractivity contribution in [1.29, 1.82) is 0 Å². The molecule has 8 atom stereocenters. The maximum absolute atomic E-state index is 4.11. The van der Waals surface area contributed by atoms with Crippen molar-refractivity contribution in [3.8, 4) is 0 Å². The molecule has 0 radical (unpaired) electrons. The molecule has 0 heterocycles. The highest BCUT2D eigenvalue weighted by molar-refractivity contribution is 5.42. The van der Waals surface area contributed by atoms with Crippen LogP contribution in [0.2, 0.25) is 0 Å². The van der Waals surface area contributed by atoms with Crippen LogP contribution in [0.15, 0.2) is 95.2 Å². The van der Waals surface area contributed by atoms with Gasteiger partial charge in [0.15, 0.2) is 0 Å². The monoisotopic (exact) mass is 591 g/mol. The smallest absolute Gasteiger partial charge is 0.0284 e. The van der Waals surface area contributed by atoms with Crippen LogP contribution >= 0.6 is 0 Å². The first kappa shape index (κ1) is 31.8. The average molecular weight is 592 g/mol. The molecule has 1 nitrogen and oxygen atoms in total. The standard InChI is InChI=1S/C43H61N/c1-3-4-6-15-33-16-13-21-36(30-33)39-29-28-38(41-23-11-12-24-42(39)41)32(2)26-27-37(34-17-7-5-8-18-34)31-44-43-25-14-20-35-19-9-10-22-40(35)43/h5-7,11-12,14-15,21,23-25,27,32-35,39-40,42-44H,3-4,8-10,13,16-20,22,26,28-31H2,1-2H3/b15-6+,37-27+. The highest BCUT2D eigenvalue weighted by Gasteiger charge is 2.35. The molecule has 1 heteroatoms. The average Bonchev–Trinajstić information content (AvgIpc) is 3.08. The number of hydrogen-bond donors (Lipinski definition) is 1.